The molecule has 0 fully saturated rings. The Balaban J connectivity index is 4.32. The second-order valence-electron chi connectivity index (χ2n) is 6.15. The molecule has 0 heterocycles. The predicted molar refractivity (Wildman–Crippen MR) is 71.6 cm³/mol. The van der Waals surface area contributed by atoms with Crippen LogP contribution in [-0.4, -0.2) is 24.3 Å². The molecule has 0 aromatic carbocycles. The maximum Gasteiger partial charge on any atom is 0.0436 e. The average molecular weight is 229 g/mol. The van der Waals surface area contributed by atoms with Crippen LogP contribution in [0.4, 0.5) is 0 Å². The Morgan fingerprint density at radius 3 is 1.94 bits per heavy atom. The minimum Gasteiger partial charge on any atom is -0.396 e. The first-order chi connectivity index (χ1) is 7.31. The highest BCUT2D eigenvalue weighted by Gasteiger charge is 2.28. The molecule has 16 heavy (non-hydrogen) atoms. The van der Waals surface area contributed by atoms with Crippen molar-refractivity contribution in [2.24, 2.45) is 10.8 Å². The van der Waals surface area contributed by atoms with Crippen LogP contribution < -0.4 is 5.32 Å². The summed E-state index contributed by atoms with van der Waals surface area (Å²) >= 11 is 0. The second kappa shape index (κ2) is 6.61. The average Bonchev–Trinajstić information content (AvgIpc) is 2.22. The van der Waals surface area contributed by atoms with Gasteiger partial charge in [-0.1, -0.05) is 34.6 Å². The highest BCUT2D eigenvalue weighted by atomic mass is 16.3. The molecule has 0 aromatic heterocycles. The Labute approximate surface area is 102 Å². The SMILES string of the molecule is CCC(CC)(CCO)CNC(C)C(C)(C)C. The number of rotatable bonds is 7. The standard InChI is InChI=1S/C14H31NO/c1-7-14(8-2,9-10-16)11-15-12(3)13(4,5)6/h12,15-16H,7-11H2,1-6H3. The normalized spacial score (nSPS) is 15.2. The van der Waals surface area contributed by atoms with Crippen molar-refractivity contribution in [1.29, 1.82) is 0 Å². The van der Waals surface area contributed by atoms with E-state index in [1.807, 2.05) is 0 Å². The van der Waals surface area contributed by atoms with Gasteiger partial charge in [0.05, 0.1) is 0 Å². The van der Waals surface area contributed by atoms with Gasteiger partial charge in [0, 0.05) is 19.2 Å². The molecule has 98 valence electrons. The summed E-state index contributed by atoms with van der Waals surface area (Å²) in [6.45, 7) is 14.8. The fourth-order valence-electron chi connectivity index (χ4n) is 1.85. The molecule has 0 aromatic rings. The van der Waals surface area contributed by atoms with Crippen molar-refractivity contribution < 1.29 is 5.11 Å². The number of hydrogen-bond donors (Lipinski definition) is 2. The van der Waals surface area contributed by atoms with E-state index in [1.54, 1.807) is 0 Å². The van der Waals surface area contributed by atoms with Gasteiger partial charge in [-0.05, 0) is 37.0 Å². The zero-order valence-corrected chi connectivity index (χ0v) is 12.1. The second-order valence-corrected chi connectivity index (χ2v) is 6.15. The van der Waals surface area contributed by atoms with Gasteiger partial charge in [0.1, 0.15) is 0 Å². The van der Waals surface area contributed by atoms with Crippen molar-refractivity contribution in [3.05, 3.63) is 0 Å². The summed E-state index contributed by atoms with van der Waals surface area (Å²) in [5.41, 5.74) is 0.570. The van der Waals surface area contributed by atoms with E-state index in [4.69, 9.17) is 5.11 Å². The maximum atomic E-state index is 9.16. The molecule has 0 rings (SSSR count). The predicted octanol–water partition coefficient (Wildman–Crippen LogP) is 3.20. The van der Waals surface area contributed by atoms with Crippen LogP contribution >= 0.6 is 0 Å². The van der Waals surface area contributed by atoms with Crippen molar-refractivity contribution in [1.82, 2.24) is 5.32 Å². The number of aliphatic hydroxyl groups is 1. The minimum atomic E-state index is 0.272. The van der Waals surface area contributed by atoms with Crippen LogP contribution in [0.5, 0.6) is 0 Å². The van der Waals surface area contributed by atoms with Crippen LogP contribution in [0.15, 0.2) is 0 Å². The van der Waals surface area contributed by atoms with Gasteiger partial charge in [0.15, 0.2) is 0 Å². The first kappa shape index (κ1) is 15.9. The Hall–Kier alpha value is -0.0800. The lowest BCUT2D eigenvalue weighted by Crippen LogP contribution is -2.44. The topological polar surface area (TPSA) is 32.3 Å². The molecule has 1 atom stereocenters. The highest BCUT2D eigenvalue weighted by Crippen LogP contribution is 2.30. The van der Waals surface area contributed by atoms with Gasteiger partial charge >= 0.3 is 0 Å². The molecule has 0 aliphatic rings. The smallest absolute Gasteiger partial charge is 0.0436 e. The summed E-state index contributed by atoms with van der Waals surface area (Å²) in [4.78, 5) is 0. The highest BCUT2D eigenvalue weighted by molar-refractivity contribution is 4.83. The van der Waals surface area contributed by atoms with E-state index in [1.165, 1.54) is 0 Å². The van der Waals surface area contributed by atoms with Crippen molar-refractivity contribution in [3.63, 3.8) is 0 Å². The van der Waals surface area contributed by atoms with Gasteiger partial charge in [-0.25, -0.2) is 0 Å². The van der Waals surface area contributed by atoms with Crippen LogP contribution in [0.3, 0.4) is 0 Å². The van der Waals surface area contributed by atoms with Crippen LogP contribution in [0.25, 0.3) is 0 Å². The van der Waals surface area contributed by atoms with Crippen molar-refractivity contribution in [3.8, 4) is 0 Å². The molecule has 2 nitrogen and oxygen atoms in total. The third-order valence-electron chi connectivity index (χ3n) is 4.22. The van der Waals surface area contributed by atoms with Gasteiger partial charge in [-0.3, -0.25) is 0 Å². The van der Waals surface area contributed by atoms with Gasteiger partial charge in [-0.15, -0.1) is 0 Å². The zero-order chi connectivity index (χ0) is 12.8. The molecule has 1 unspecified atom stereocenters. The third-order valence-corrected chi connectivity index (χ3v) is 4.22. The van der Waals surface area contributed by atoms with Crippen LogP contribution in [0.1, 0.15) is 60.8 Å². The van der Waals surface area contributed by atoms with Gasteiger partial charge in [-0.2, -0.15) is 0 Å². The number of aliphatic hydroxyl groups excluding tert-OH is 1. The number of nitrogens with one attached hydrogen (secondary N) is 1. The molecule has 0 amide bonds. The van der Waals surface area contributed by atoms with Gasteiger partial charge in [0.25, 0.3) is 0 Å². The van der Waals surface area contributed by atoms with E-state index >= 15 is 0 Å². The summed E-state index contributed by atoms with van der Waals surface area (Å²) in [7, 11) is 0. The largest absolute Gasteiger partial charge is 0.396 e. The van der Waals surface area contributed by atoms with Gasteiger partial charge < -0.3 is 10.4 Å². The monoisotopic (exact) mass is 229 g/mol. The quantitative estimate of drug-likeness (QED) is 0.702. The van der Waals surface area contributed by atoms with Crippen LogP contribution in [0, 0.1) is 10.8 Å². The molecule has 0 saturated carbocycles. The summed E-state index contributed by atoms with van der Waals surface area (Å²) in [5.74, 6) is 0. The summed E-state index contributed by atoms with van der Waals surface area (Å²) < 4.78 is 0. The van der Waals surface area contributed by atoms with E-state index in [2.05, 4.69) is 46.9 Å². The Morgan fingerprint density at radius 2 is 1.62 bits per heavy atom. The molecular formula is C14H31NO. The molecule has 0 aliphatic heterocycles. The zero-order valence-electron chi connectivity index (χ0n) is 12.1. The van der Waals surface area contributed by atoms with E-state index in [0.717, 1.165) is 25.8 Å². The molecule has 0 bridgehead atoms. The summed E-state index contributed by atoms with van der Waals surface area (Å²) in [6.07, 6.45) is 3.17. The van der Waals surface area contributed by atoms with E-state index in [9.17, 15) is 0 Å². The fraction of sp³-hybridized carbons (Fsp3) is 1.00. The molecule has 0 spiro atoms. The Kier molecular flexibility index (Phi) is 6.57. The van der Waals surface area contributed by atoms with E-state index < -0.39 is 0 Å². The fourth-order valence-corrected chi connectivity index (χ4v) is 1.85. The van der Waals surface area contributed by atoms with Gasteiger partial charge in [0.2, 0.25) is 0 Å². The number of hydrogen-bond acceptors (Lipinski definition) is 2. The summed E-state index contributed by atoms with van der Waals surface area (Å²) in [5, 5.41) is 12.8. The maximum absolute atomic E-state index is 9.16. The lowest BCUT2D eigenvalue weighted by atomic mass is 9.78. The van der Waals surface area contributed by atoms with Crippen molar-refractivity contribution in [2.45, 2.75) is 66.8 Å². The van der Waals surface area contributed by atoms with Crippen LogP contribution in [0.2, 0.25) is 0 Å². The lowest BCUT2D eigenvalue weighted by molar-refractivity contribution is 0.148. The summed E-state index contributed by atoms with van der Waals surface area (Å²) in [6, 6.07) is 0.503. The van der Waals surface area contributed by atoms with E-state index in [-0.39, 0.29) is 5.41 Å². The Morgan fingerprint density at radius 1 is 1.12 bits per heavy atom. The van der Waals surface area contributed by atoms with Crippen molar-refractivity contribution in [2.75, 3.05) is 13.2 Å². The Bertz CT molecular complexity index is 180. The third kappa shape index (κ3) is 4.84. The molecule has 0 saturated heterocycles. The first-order valence-corrected chi connectivity index (χ1v) is 6.65. The van der Waals surface area contributed by atoms with Crippen molar-refractivity contribution >= 4 is 0 Å². The molecule has 0 aliphatic carbocycles. The minimum absolute atomic E-state index is 0.272. The molecule has 2 N–H and O–H groups in total. The van der Waals surface area contributed by atoms with Crippen LogP contribution in [-0.2, 0) is 0 Å². The molecular weight excluding hydrogens is 198 g/mol. The van der Waals surface area contributed by atoms with E-state index in [0.29, 0.717) is 18.1 Å². The lowest BCUT2D eigenvalue weighted by Gasteiger charge is -2.36. The molecule has 2 heteroatoms. The molecule has 0 radical (unpaired) electrons. The first-order valence-electron chi connectivity index (χ1n) is 6.65.